The lowest BCUT2D eigenvalue weighted by atomic mass is 10.1. The summed E-state index contributed by atoms with van der Waals surface area (Å²) in [5, 5.41) is 5.20. The second-order valence-electron chi connectivity index (χ2n) is 10.5. The van der Waals surface area contributed by atoms with Gasteiger partial charge in [0.15, 0.2) is 11.5 Å². The molecule has 0 unspecified atom stereocenters. The van der Waals surface area contributed by atoms with Gasteiger partial charge in [-0.1, -0.05) is 37.6 Å². The first kappa shape index (κ1) is 35.1. The van der Waals surface area contributed by atoms with E-state index in [1.165, 1.54) is 13.1 Å². The third kappa shape index (κ3) is 8.94. The molecule has 17 heteroatoms. The molecule has 47 heavy (non-hydrogen) atoms. The minimum atomic E-state index is -4.96. The van der Waals surface area contributed by atoms with Gasteiger partial charge in [-0.3, -0.25) is 9.59 Å². The van der Waals surface area contributed by atoms with E-state index in [0.29, 0.717) is 0 Å². The number of aromatic nitrogens is 2. The summed E-state index contributed by atoms with van der Waals surface area (Å²) in [6.45, 7) is 2.91. The van der Waals surface area contributed by atoms with Gasteiger partial charge in [0, 0.05) is 33.1 Å². The Morgan fingerprint density at radius 2 is 1.68 bits per heavy atom. The van der Waals surface area contributed by atoms with Gasteiger partial charge in [-0.15, -0.1) is 13.2 Å². The fourth-order valence-corrected chi connectivity index (χ4v) is 6.45. The van der Waals surface area contributed by atoms with Crippen LogP contribution in [0.3, 0.4) is 0 Å². The summed E-state index contributed by atoms with van der Waals surface area (Å²) in [5.74, 6) is -2.69. The molecule has 2 heterocycles. The van der Waals surface area contributed by atoms with E-state index in [9.17, 15) is 36.0 Å². The average Bonchev–Trinajstić information content (AvgIpc) is 3.03. The molecule has 0 radical (unpaired) electrons. The third-order valence-corrected chi connectivity index (χ3v) is 9.01. The maximum atomic E-state index is 13.8. The Balaban J connectivity index is 1.63. The number of carbonyl (C=O) groups excluding carboxylic acids is 3. The maximum absolute atomic E-state index is 13.8. The quantitative estimate of drug-likeness (QED) is 0.288. The number of anilines is 2. The SMILES string of the molecule is CCCc1ccc(CNC(=O)[C@H]2CN(c3cnc(C(=O)OC)c(NC(C)=O)n3)CCN2S(=O)(=O)c2ccc(OC(F)(F)F)cc2)cc1. The molecule has 1 aliphatic heterocycles. The zero-order valence-corrected chi connectivity index (χ0v) is 26.5. The number of halogens is 3. The average molecular weight is 679 g/mol. The Labute approximate surface area is 269 Å². The van der Waals surface area contributed by atoms with Crippen molar-refractivity contribution < 1.29 is 45.4 Å². The van der Waals surface area contributed by atoms with Crippen molar-refractivity contribution in [2.75, 3.05) is 37.0 Å². The van der Waals surface area contributed by atoms with E-state index < -0.39 is 46.0 Å². The van der Waals surface area contributed by atoms with Crippen LogP contribution in [0.25, 0.3) is 0 Å². The van der Waals surface area contributed by atoms with Crippen molar-refractivity contribution in [2.24, 2.45) is 0 Å². The second-order valence-corrected chi connectivity index (χ2v) is 12.4. The van der Waals surface area contributed by atoms with Gasteiger partial charge in [-0.05, 0) is 41.8 Å². The molecule has 1 aromatic heterocycles. The Bertz CT molecular complexity index is 1700. The second kappa shape index (κ2) is 14.8. The summed E-state index contributed by atoms with van der Waals surface area (Å²) in [6, 6.07) is 9.95. The minimum Gasteiger partial charge on any atom is -0.464 e. The number of aryl methyl sites for hydroxylation is 1. The molecule has 0 aliphatic carbocycles. The summed E-state index contributed by atoms with van der Waals surface area (Å²) in [6.07, 6.45) is -1.87. The number of hydrogen-bond donors (Lipinski definition) is 2. The number of sulfonamides is 1. The predicted octanol–water partition coefficient (Wildman–Crippen LogP) is 3.27. The molecule has 252 valence electrons. The highest BCUT2D eigenvalue weighted by molar-refractivity contribution is 7.89. The molecule has 1 fully saturated rings. The van der Waals surface area contributed by atoms with E-state index >= 15 is 0 Å². The van der Waals surface area contributed by atoms with Crippen LogP contribution in [0.15, 0.2) is 59.6 Å². The first-order valence-electron chi connectivity index (χ1n) is 14.4. The van der Waals surface area contributed by atoms with Gasteiger partial charge in [-0.2, -0.15) is 4.31 Å². The Kier molecular flexibility index (Phi) is 11.0. The van der Waals surface area contributed by atoms with Crippen LogP contribution in [0.4, 0.5) is 24.8 Å². The number of esters is 1. The molecule has 4 rings (SSSR count). The van der Waals surface area contributed by atoms with Crippen LogP contribution in [0.2, 0.25) is 0 Å². The molecule has 2 N–H and O–H groups in total. The van der Waals surface area contributed by atoms with Gasteiger partial charge in [0.05, 0.1) is 18.2 Å². The number of alkyl halides is 3. The number of carbonyl (C=O) groups is 3. The topological polar surface area (TPSA) is 160 Å². The van der Waals surface area contributed by atoms with Gasteiger partial charge in [0.2, 0.25) is 21.8 Å². The van der Waals surface area contributed by atoms with Crippen molar-refractivity contribution in [2.45, 2.75) is 50.5 Å². The molecule has 2 aromatic carbocycles. The van der Waals surface area contributed by atoms with Gasteiger partial charge in [-0.25, -0.2) is 23.2 Å². The normalized spacial score (nSPS) is 15.5. The Morgan fingerprint density at radius 3 is 2.28 bits per heavy atom. The van der Waals surface area contributed by atoms with Crippen LogP contribution in [0, 0.1) is 0 Å². The van der Waals surface area contributed by atoms with E-state index in [1.807, 2.05) is 24.3 Å². The summed E-state index contributed by atoms with van der Waals surface area (Å²) in [5.41, 5.74) is 1.65. The maximum Gasteiger partial charge on any atom is 0.573 e. The minimum absolute atomic E-state index is 0.00291. The number of methoxy groups -OCH3 is 1. The molecule has 1 saturated heterocycles. The highest BCUT2D eigenvalue weighted by Crippen LogP contribution is 2.28. The molecular formula is C30H33F3N6O7S. The number of nitrogens with one attached hydrogen (secondary N) is 2. The van der Waals surface area contributed by atoms with E-state index in [4.69, 9.17) is 4.74 Å². The number of nitrogens with zero attached hydrogens (tertiary/aromatic N) is 4. The zero-order valence-electron chi connectivity index (χ0n) is 25.7. The van der Waals surface area contributed by atoms with Crippen LogP contribution in [0.1, 0.15) is 41.9 Å². The van der Waals surface area contributed by atoms with Crippen molar-refractivity contribution in [1.29, 1.82) is 0 Å². The number of benzene rings is 2. The monoisotopic (exact) mass is 678 g/mol. The largest absolute Gasteiger partial charge is 0.573 e. The number of amides is 2. The molecule has 1 atom stereocenters. The van der Waals surface area contributed by atoms with Crippen LogP contribution in [-0.2, 0) is 37.3 Å². The molecule has 2 amide bonds. The predicted molar refractivity (Wildman–Crippen MR) is 163 cm³/mol. The number of hydrogen-bond acceptors (Lipinski definition) is 10. The van der Waals surface area contributed by atoms with Crippen molar-refractivity contribution in [3.05, 3.63) is 71.5 Å². The molecule has 3 aromatic rings. The molecule has 0 saturated carbocycles. The molecule has 0 bridgehead atoms. The fraction of sp³-hybridized carbons (Fsp3) is 0.367. The number of piperazine rings is 1. The molecule has 0 spiro atoms. The van der Waals surface area contributed by atoms with Crippen LogP contribution in [0.5, 0.6) is 5.75 Å². The summed E-state index contributed by atoms with van der Waals surface area (Å²) >= 11 is 0. The van der Waals surface area contributed by atoms with E-state index in [0.717, 1.165) is 59.6 Å². The van der Waals surface area contributed by atoms with E-state index in [1.54, 1.807) is 4.90 Å². The summed E-state index contributed by atoms with van der Waals surface area (Å²) in [7, 11) is -3.27. The van der Waals surface area contributed by atoms with E-state index in [2.05, 4.69) is 32.3 Å². The lowest BCUT2D eigenvalue weighted by Crippen LogP contribution is -2.60. The lowest BCUT2D eigenvalue weighted by molar-refractivity contribution is -0.274. The fourth-order valence-electron chi connectivity index (χ4n) is 4.88. The van der Waals surface area contributed by atoms with Gasteiger partial charge in [0.1, 0.15) is 17.6 Å². The summed E-state index contributed by atoms with van der Waals surface area (Å²) in [4.78, 5) is 47.3. The van der Waals surface area contributed by atoms with Crippen molar-refractivity contribution >= 4 is 39.4 Å². The zero-order chi connectivity index (χ0) is 34.4. The number of ether oxygens (including phenoxy) is 2. The first-order valence-corrected chi connectivity index (χ1v) is 15.9. The lowest BCUT2D eigenvalue weighted by Gasteiger charge is -2.40. The smallest absolute Gasteiger partial charge is 0.464 e. The van der Waals surface area contributed by atoms with Crippen molar-refractivity contribution in [3.8, 4) is 5.75 Å². The Morgan fingerprint density at radius 1 is 1.02 bits per heavy atom. The highest BCUT2D eigenvalue weighted by Gasteiger charge is 2.41. The molecule has 13 nitrogen and oxygen atoms in total. The molecular weight excluding hydrogens is 645 g/mol. The standard InChI is InChI=1S/C30H33F3N6O7S/c1-4-5-20-6-8-21(9-7-20)16-35-28(41)24-18-38(25-17-34-26(29(42)45-3)27(37-25)36-19(2)40)14-15-39(24)47(43,44)23-12-10-22(11-13-23)46-30(31,32)33/h6-13,17,24H,4-5,14-16,18H2,1-3H3,(H,35,41)(H,36,37,40)/t24-/m1/s1. The highest BCUT2D eigenvalue weighted by atomic mass is 32.2. The third-order valence-electron chi connectivity index (χ3n) is 7.08. The van der Waals surface area contributed by atoms with Crippen LogP contribution in [-0.4, -0.2) is 79.6 Å². The molecule has 1 aliphatic rings. The summed E-state index contributed by atoms with van der Waals surface area (Å²) < 4.78 is 75.0. The van der Waals surface area contributed by atoms with E-state index in [-0.39, 0.29) is 48.4 Å². The first-order chi connectivity index (χ1) is 22.2. The van der Waals surface area contributed by atoms with Gasteiger partial charge in [0.25, 0.3) is 0 Å². The Hall–Kier alpha value is -4.77. The van der Waals surface area contributed by atoms with Gasteiger partial charge < -0.3 is 25.0 Å². The van der Waals surface area contributed by atoms with Crippen LogP contribution >= 0.6 is 0 Å². The van der Waals surface area contributed by atoms with Crippen LogP contribution < -0.4 is 20.3 Å². The number of rotatable bonds is 11. The van der Waals surface area contributed by atoms with Crippen molar-refractivity contribution in [1.82, 2.24) is 19.6 Å². The van der Waals surface area contributed by atoms with Crippen molar-refractivity contribution in [3.63, 3.8) is 0 Å². The van der Waals surface area contributed by atoms with Gasteiger partial charge >= 0.3 is 12.3 Å².